The number of rotatable bonds is 5. The first-order valence-electron chi connectivity index (χ1n) is 5.98. The Balaban J connectivity index is 2.03. The van der Waals surface area contributed by atoms with Crippen LogP contribution in [0.4, 0.5) is 4.39 Å². The summed E-state index contributed by atoms with van der Waals surface area (Å²) in [6.07, 6.45) is 1.08. The second-order valence-corrected chi connectivity index (χ2v) is 4.81. The van der Waals surface area contributed by atoms with Gasteiger partial charge in [-0.2, -0.15) is 4.98 Å². The van der Waals surface area contributed by atoms with E-state index in [1.807, 2.05) is 0 Å². The molecule has 1 heterocycles. The zero-order valence-corrected chi connectivity index (χ0v) is 11.2. The molecular weight excluding hydrogens is 271 g/mol. The number of hydrogen-bond donors (Lipinski definition) is 1. The van der Waals surface area contributed by atoms with Gasteiger partial charge in [-0.05, 0) is 31.0 Å². The molecule has 0 aliphatic heterocycles. The molecule has 0 spiro atoms. The summed E-state index contributed by atoms with van der Waals surface area (Å²) < 4.78 is 18.0. The average Bonchev–Trinajstić information content (AvgIpc) is 2.78. The molecule has 4 nitrogen and oxygen atoms in total. The van der Waals surface area contributed by atoms with E-state index in [2.05, 4.69) is 10.1 Å². The third-order valence-corrected chi connectivity index (χ3v) is 3.00. The molecule has 1 atom stereocenters. The van der Waals surface area contributed by atoms with Gasteiger partial charge < -0.3 is 9.63 Å². The Morgan fingerprint density at radius 2 is 2.26 bits per heavy atom. The van der Waals surface area contributed by atoms with Crippen LogP contribution in [0.5, 0.6) is 0 Å². The molecule has 0 aliphatic carbocycles. The quantitative estimate of drug-likeness (QED) is 0.917. The maximum atomic E-state index is 12.9. The average molecular weight is 285 g/mol. The van der Waals surface area contributed by atoms with Crippen LogP contribution in [-0.2, 0) is 12.8 Å². The third kappa shape index (κ3) is 4.01. The van der Waals surface area contributed by atoms with Gasteiger partial charge in [-0.15, -0.1) is 0 Å². The minimum absolute atomic E-state index is 0.343. The normalized spacial score (nSPS) is 12.6. The Morgan fingerprint density at radius 3 is 2.95 bits per heavy atom. The standard InChI is InChI=1S/C13H14ClFN2O2/c1-8(18)2-5-13-16-12(17-19-13)6-9-3-4-10(15)7-11(9)14/h3-4,7-8,18H,2,5-6H2,1H3. The fourth-order valence-corrected chi connectivity index (χ4v) is 1.87. The van der Waals surface area contributed by atoms with E-state index in [0.29, 0.717) is 36.0 Å². The molecule has 102 valence electrons. The predicted octanol–water partition coefficient (Wildman–Crippen LogP) is 2.77. The number of halogens is 2. The van der Waals surface area contributed by atoms with Gasteiger partial charge in [0.1, 0.15) is 5.82 Å². The first-order chi connectivity index (χ1) is 9.04. The maximum absolute atomic E-state index is 12.9. The lowest BCUT2D eigenvalue weighted by atomic mass is 10.1. The van der Waals surface area contributed by atoms with Crippen molar-refractivity contribution in [2.45, 2.75) is 32.3 Å². The zero-order valence-electron chi connectivity index (χ0n) is 10.4. The fourth-order valence-electron chi connectivity index (χ4n) is 1.63. The highest BCUT2D eigenvalue weighted by molar-refractivity contribution is 6.31. The van der Waals surface area contributed by atoms with E-state index >= 15 is 0 Å². The van der Waals surface area contributed by atoms with Crippen molar-refractivity contribution in [3.8, 4) is 0 Å². The van der Waals surface area contributed by atoms with E-state index in [4.69, 9.17) is 16.1 Å². The van der Waals surface area contributed by atoms with Crippen molar-refractivity contribution in [2.24, 2.45) is 0 Å². The highest BCUT2D eigenvalue weighted by Gasteiger charge is 2.10. The molecule has 1 aromatic heterocycles. The largest absolute Gasteiger partial charge is 0.393 e. The van der Waals surface area contributed by atoms with E-state index in [-0.39, 0.29) is 5.82 Å². The van der Waals surface area contributed by atoms with Crippen LogP contribution in [0.3, 0.4) is 0 Å². The van der Waals surface area contributed by atoms with Crippen molar-refractivity contribution in [3.63, 3.8) is 0 Å². The van der Waals surface area contributed by atoms with Gasteiger partial charge in [0, 0.05) is 17.9 Å². The van der Waals surface area contributed by atoms with Crippen molar-refractivity contribution in [1.82, 2.24) is 10.1 Å². The maximum Gasteiger partial charge on any atom is 0.226 e. The minimum Gasteiger partial charge on any atom is -0.393 e. The van der Waals surface area contributed by atoms with Crippen LogP contribution in [0.2, 0.25) is 5.02 Å². The summed E-state index contributed by atoms with van der Waals surface area (Å²) >= 11 is 5.93. The smallest absolute Gasteiger partial charge is 0.226 e. The molecule has 19 heavy (non-hydrogen) atoms. The molecule has 2 rings (SSSR count). The molecular formula is C13H14ClFN2O2. The van der Waals surface area contributed by atoms with Crippen LogP contribution in [0, 0.1) is 5.82 Å². The highest BCUT2D eigenvalue weighted by atomic mass is 35.5. The van der Waals surface area contributed by atoms with E-state index in [1.54, 1.807) is 13.0 Å². The number of aromatic nitrogens is 2. The number of benzene rings is 1. The van der Waals surface area contributed by atoms with E-state index in [0.717, 1.165) is 5.56 Å². The lowest BCUT2D eigenvalue weighted by molar-refractivity contribution is 0.180. The number of nitrogens with zero attached hydrogens (tertiary/aromatic N) is 2. The second-order valence-electron chi connectivity index (χ2n) is 4.40. The monoisotopic (exact) mass is 284 g/mol. The summed E-state index contributed by atoms with van der Waals surface area (Å²) in [6, 6.07) is 4.20. The first kappa shape index (κ1) is 14.0. The van der Waals surface area contributed by atoms with E-state index in [9.17, 15) is 9.50 Å². The van der Waals surface area contributed by atoms with Gasteiger partial charge in [-0.1, -0.05) is 22.8 Å². The topological polar surface area (TPSA) is 59.2 Å². The molecule has 1 N–H and O–H groups in total. The Morgan fingerprint density at radius 1 is 1.47 bits per heavy atom. The number of aliphatic hydroxyl groups excluding tert-OH is 1. The Bertz CT molecular complexity index is 557. The Kier molecular flexibility index (Phi) is 4.50. The van der Waals surface area contributed by atoms with Gasteiger partial charge >= 0.3 is 0 Å². The van der Waals surface area contributed by atoms with Gasteiger partial charge in [0.15, 0.2) is 5.82 Å². The van der Waals surface area contributed by atoms with Crippen LogP contribution in [-0.4, -0.2) is 21.4 Å². The van der Waals surface area contributed by atoms with Crippen molar-refractivity contribution < 1.29 is 14.0 Å². The minimum atomic E-state index is -0.401. The van der Waals surface area contributed by atoms with E-state index < -0.39 is 6.10 Å². The van der Waals surface area contributed by atoms with Crippen molar-refractivity contribution in [2.75, 3.05) is 0 Å². The molecule has 1 unspecified atom stereocenters. The molecule has 1 aromatic carbocycles. The van der Waals surface area contributed by atoms with Gasteiger partial charge in [-0.3, -0.25) is 0 Å². The van der Waals surface area contributed by atoms with Crippen LogP contribution >= 0.6 is 11.6 Å². The van der Waals surface area contributed by atoms with Crippen molar-refractivity contribution >= 4 is 11.6 Å². The molecule has 0 amide bonds. The van der Waals surface area contributed by atoms with E-state index in [1.165, 1.54) is 12.1 Å². The highest BCUT2D eigenvalue weighted by Crippen LogP contribution is 2.19. The van der Waals surface area contributed by atoms with Gasteiger partial charge in [-0.25, -0.2) is 4.39 Å². The van der Waals surface area contributed by atoms with Crippen molar-refractivity contribution in [3.05, 3.63) is 46.3 Å². The SMILES string of the molecule is CC(O)CCc1nc(Cc2ccc(F)cc2Cl)no1. The summed E-state index contributed by atoms with van der Waals surface area (Å²) in [5.41, 5.74) is 0.742. The molecule has 0 saturated carbocycles. The Hall–Kier alpha value is -1.46. The first-order valence-corrected chi connectivity index (χ1v) is 6.36. The number of hydrogen-bond acceptors (Lipinski definition) is 4. The molecule has 0 radical (unpaired) electrons. The summed E-state index contributed by atoms with van der Waals surface area (Å²) in [5, 5.41) is 13.4. The molecule has 0 fully saturated rings. The van der Waals surface area contributed by atoms with Crippen LogP contribution < -0.4 is 0 Å². The van der Waals surface area contributed by atoms with Crippen LogP contribution in [0.15, 0.2) is 22.7 Å². The lowest BCUT2D eigenvalue weighted by Gasteiger charge is -2.00. The molecule has 0 bridgehead atoms. The fraction of sp³-hybridized carbons (Fsp3) is 0.385. The Labute approximate surface area is 115 Å². The van der Waals surface area contributed by atoms with Gasteiger partial charge in [0.05, 0.1) is 6.10 Å². The predicted molar refractivity (Wildman–Crippen MR) is 68.5 cm³/mol. The molecule has 2 aromatic rings. The number of aliphatic hydroxyl groups is 1. The van der Waals surface area contributed by atoms with Crippen LogP contribution in [0.1, 0.15) is 30.6 Å². The van der Waals surface area contributed by atoms with Gasteiger partial charge in [0.2, 0.25) is 5.89 Å². The second kappa shape index (κ2) is 6.12. The molecule has 0 saturated heterocycles. The van der Waals surface area contributed by atoms with Crippen LogP contribution in [0.25, 0.3) is 0 Å². The molecule has 6 heteroatoms. The third-order valence-electron chi connectivity index (χ3n) is 2.65. The summed E-state index contributed by atoms with van der Waals surface area (Å²) in [7, 11) is 0. The zero-order chi connectivity index (χ0) is 13.8. The molecule has 0 aliphatic rings. The van der Waals surface area contributed by atoms with Gasteiger partial charge in [0.25, 0.3) is 0 Å². The summed E-state index contributed by atoms with van der Waals surface area (Å²) in [4.78, 5) is 4.20. The lowest BCUT2D eigenvalue weighted by Crippen LogP contribution is -2.01. The number of aryl methyl sites for hydroxylation is 1. The van der Waals surface area contributed by atoms with Crippen molar-refractivity contribution in [1.29, 1.82) is 0 Å². The summed E-state index contributed by atoms with van der Waals surface area (Å²) in [6.45, 7) is 1.70. The summed E-state index contributed by atoms with van der Waals surface area (Å²) in [5.74, 6) is 0.600.